The van der Waals surface area contributed by atoms with Gasteiger partial charge in [-0.05, 0) is 67.8 Å². The van der Waals surface area contributed by atoms with E-state index in [4.69, 9.17) is 4.74 Å². The summed E-state index contributed by atoms with van der Waals surface area (Å²) < 4.78 is 44.1. The molecule has 1 amide bonds. The van der Waals surface area contributed by atoms with Gasteiger partial charge in [0.15, 0.2) is 6.61 Å². The second-order valence-electron chi connectivity index (χ2n) is 6.21. The molecule has 2 aromatic carbocycles. The van der Waals surface area contributed by atoms with Crippen molar-refractivity contribution in [1.82, 2.24) is 0 Å². The lowest BCUT2D eigenvalue weighted by molar-refractivity contribution is -0.118. The second-order valence-corrected chi connectivity index (χ2v) is 8.39. The molecule has 0 saturated heterocycles. The second kappa shape index (κ2) is 7.96. The quantitative estimate of drug-likeness (QED) is 0.820. The molecule has 0 atom stereocenters. The van der Waals surface area contributed by atoms with Gasteiger partial charge in [-0.1, -0.05) is 0 Å². The number of sulfonamides is 1. The molecule has 3 rings (SSSR count). The van der Waals surface area contributed by atoms with Crippen molar-refractivity contribution in [3.63, 3.8) is 0 Å². The molecule has 0 fully saturated rings. The van der Waals surface area contributed by atoms with Gasteiger partial charge in [0.05, 0.1) is 11.4 Å². The number of nitrogens with one attached hydrogen (secondary N) is 1. The molecular weight excluding hydrogens is 371 g/mol. The topological polar surface area (TPSA) is 75.7 Å². The number of rotatable bonds is 6. The molecule has 6 nitrogen and oxygen atoms in total. The maximum Gasteiger partial charge on any atom is 0.262 e. The third-order valence-corrected chi connectivity index (χ3v) is 6.10. The number of fused-ring (bicyclic) bond motifs is 1. The summed E-state index contributed by atoms with van der Waals surface area (Å²) in [4.78, 5) is 12.1. The molecule has 0 aliphatic carbocycles. The minimum atomic E-state index is -3.31. The number of anilines is 2. The fraction of sp³-hybridized carbons (Fsp3) is 0.316. The highest BCUT2D eigenvalue weighted by molar-refractivity contribution is 7.92. The number of hydrogen-bond acceptors (Lipinski definition) is 4. The Hall–Kier alpha value is -2.61. The Balaban J connectivity index is 1.66. The average molecular weight is 392 g/mol. The highest BCUT2D eigenvalue weighted by Gasteiger charge is 2.26. The molecule has 0 aromatic heterocycles. The molecule has 0 radical (unpaired) electrons. The average Bonchev–Trinajstić information content (AvgIpc) is 2.67. The number of halogens is 1. The summed E-state index contributed by atoms with van der Waals surface area (Å²) in [5.41, 5.74) is 2.14. The number of hydrogen-bond donors (Lipinski definition) is 1. The van der Waals surface area contributed by atoms with Crippen LogP contribution in [0.15, 0.2) is 42.5 Å². The van der Waals surface area contributed by atoms with Crippen LogP contribution in [0.25, 0.3) is 0 Å². The zero-order chi connectivity index (χ0) is 19.4. The third kappa shape index (κ3) is 4.57. The van der Waals surface area contributed by atoms with Crippen molar-refractivity contribution in [3.8, 4) is 5.75 Å². The van der Waals surface area contributed by atoms with E-state index in [1.165, 1.54) is 28.6 Å². The maximum absolute atomic E-state index is 12.9. The minimum Gasteiger partial charge on any atom is -0.484 e. The molecule has 27 heavy (non-hydrogen) atoms. The van der Waals surface area contributed by atoms with Crippen molar-refractivity contribution < 1.29 is 22.3 Å². The fourth-order valence-electron chi connectivity index (χ4n) is 2.96. The van der Waals surface area contributed by atoms with Crippen LogP contribution >= 0.6 is 0 Å². The molecule has 0 spiro atoms. The standard InChI is InChI=1S/C19H21FN2O4S/c1-2-27(24,25)22-11-3-4-14-12-16(7-10-18(14)22)21-19(23)13-26-17-8-5-15(20)6-9-17/h5-10,12H,2-4,11,13H2,1H3,(H,21,23). The van der Waals surface area contributed by atoms with Gasteiger partial charge in [-0.2, -0.15) is 0 Å². The monoisotopic (exact) mass is 392 g/mol. The van der Waals surface area contributed by atoms with Gasteiger partial charge in [-0.25, -0.2) is 12.8 Å². The van der Waals surface area contributed by atoms with E-state index in [0.717, 1.165) is 18.4 Å². The Bertz CT molecular complexity index is 929. The smallest absolute Gasteiger partial charge is 0.262 e. The van der Waals surface area contributed by atoms with E-state index in [0.29, 0.717) is 23.7 Å². The van der Waals surface area contributed by atoms with Crippen molar-refractivity contribution in [2.45, 2.75) is 19.8 Å². The van der Waals surface area contributed by atoms with Crippen molar-refractivity contribution in [1.29, 1.82) is 0 Å². The Morgan fingerprint density at radius 1 is 1.22 bits per heavy atom. The van der Waals surface area contributed by atoms with E-state index in [-0.39, 0.29) is 24.1 Å². The lowest BCUT2D eigenvalue weighted by Gasteiger charge is -2.30. The van der Waals surface area contributed by atoms with E-state index >= 15 is 0 Å². The van der Waals surface area contributed by atoms with Gasteiger partial charge in [0, 0.05) is 12.2 Å². The molecule has 1 aliphatic heterocycles. The summed E-state index contributed by atoms with van der Waals surface area (Å²) in [7, 11) is -3.31. The van der Waals surface area contributed by atoms with Crippen LogP contribution in [0, 0.1) is 5.82 Å². The first-order valence-corrected chi connectivity index (χ1v) is 10.3. The first kappa shape index (κ1) is 19.2. The van der Waals surface area contributed by atoms with Crippen molar-refractivity contribution >= 4 is 27.3 Å². The Labute approximate surface area is 158 Å². The van der Waals surface area contributed by atoms with Crippen molar-refractivity contribution in [2.75, 3.05) is 28.5 Å². The Kier molecular flexibility index (Phi) is 5.65. The SMILES string of the molecule is CCS(=O)(=O)N1CCCc2cc(NC(=O)COc3ccc(F)cc3)ccc21. The summed E-state index contributed by atoms with van der Waals surface area (Å²) in [5, 5.41) is 2.74. The number of benzene rings is 2. The van der Waals surface area contributed by atoms with Crippen LogP contribution in [0.3, 0.4) is 0 Å². The summed E-state index contributed by atoms with van der Waals surface area (Å²) in [6.45, 7) is 1.89. The van der Waals surface area contributed by atoms with Crippen molar-refractivity contribution in [3.05, 3.63) is 53.8 Å². The number of carbonyl (C=O) groups excluding carboxylic acids is 1. The van der Waals surface area contributed by atoms with Crippen LogP contribution < -0.4 is 14.4 Å². The molecule has 0 unspecified atom stereocenters. The Morgan fingerprint density at radius 2 is 1.96 bits per heavy atom. The molecule has 1 aliphatic rings. The predicted molar refractivity (Wildman–Crippen MR) is 102 cm³/mol. The van der Waals surface area contributed by atoms with Gasteiger partial charge in [0.25, 0.3) is 5.91 Å². The first-order chi connectivity index (χ1) is 12.9. The summed E-state index contributed by atoms with van der Waals surface area (Å²) in [5.74, 6) is -0.281. The maximum atomic E-state index is 12.9. The van der Waals surface area contributed by atoms with Gasteiger partial charge in [0.2, 0.25) is 10.0 Å². The van der Waals surface area contributed by atoms with Gasteiger partial charge in [-0.15, -0.1) is 0 Å². The number of aryl methyl sites for hydroxylation is 1. The number of ether oxygens (including phenoxy) is 1. The van der Waals surface area contributed by atoms with Crippen LogP contribution in [0.4, 0.5) is 15.8 Å². The summed E-state index contributed by atoms with van der Waals surface area (Å²) in [6.07, 6.45) is 1.48. The molecule has 8 heteroatoms. The highest BCUT2D eigenvalue weighted by Crippen LogP contribution is 2.31. The normalized spacial score (nSPS) is 13.8. The molecule has 144 valence electrons. The van der Waals surface area contributed by atoms with Crippen LogP contribution in [0.1, 0.15) is 18.9 Å². The molecule has 0 bridgehead atoms. The minimum absolute atomic E-state index is 0.0473. The number of amides is 1. The predicted octanol–water partition coefficient (Wildman–Crippen LogP) is 2.95. The molecular formula is C19H21FN2O4S. The van der Waals surface area contributed by atoms with Gasteiger partial charge in [0.1, 0.15) is 11.6 Å². The van der Waals surface area contributed by atoms with Crippen LogP contribution in [0.5, 0.6) is 5.75 Å². The molecule has 2 aromatic rings. The number of nitrogens with zero attached hydrogens (tertiary/aromatic N) is 1. The van der Waals surface area contributed by atoms with E-state index < -0.39 is 10.0 Å². The van der Waals surface area contributed by atoms with Crippen LogP contribution in [0.2, 0.25) is 0 Å². The van der Waals surface area contributed by atoms with Crippen LogP contribution in [-0.4, -0.2) is 33.2 Å². The van der Waals surface area contributed by atoms with E-state index in [1.807, 2.05) is 0 Å². The summed E-state index contributed by atoms with van der Waals surface area (Å²) >= 11 is 0. The van der Waals surface area contributed by atoms with Gasteiger partial charge in [-0.3, -0.25) is 9.10 Å². The molecule has 1 N–H and O–H groups in total. The first-order valence-electron chi connectivity index (χ1n) is 8.70. The number of carbonyl (C=O) groups is 1. The van der Waals surface area contributed by atoms with Gasteiger partial charge < -0.3 is 10.1 Å². The lowest BCUT2D eigenvalue weighted by Crippen LogP contribution is -2.36. The zero-order valence-electron chi connectivity index (χ0n) is 14.9. The fourth-order valence-corrected chi connectivity index (χ4v) is 4.16. The van der Waals surface area contributed by atoms with Gasteiger partial charge >= 0.3 is 0 Å². The zero-order valence-corrected chi connectivity index (χ0v) is 15.8. The van der Waals surface area contributed by atoms with E-state index in [2.05, 4.69) is 5.32 Å². The Morgan fingerprint density at radius 3 is 2.67 bits per heavy atom. The largest absolute Gasteiger partial charge is 0.484 e. The van der Waals surface area contributed by atoms with E-state index in [9.17, 15) is 17.6 Å². The molecule has 0 saturated carbocycles. The van der Waals surface area contributed by atoms with E-state index in [1.54, 1.807) is 25.1 Å². The summed E-state index contributed by atoms with van der Waals surface area (Å²) in [6, 6.07) is 10.6. The third-order valence-electron chi connectivity index (χ3n) is 4.32. The lowest BCUT2D eigenvalue weighted by atomic mass is 10.0. The van der Waals surface area contributed by atoms with Crippen LogP contribution in [-0.2, 0) is 21.2 Å². The van der Waals surface area contributed by atoms with Crippen molar-refractivity contribution in [2.24, 2.45) is 0 Å². The highest BCUT2D eigenvalue weighted by atomic mass is 32.2. The molecule has 1 heterocycles.